The molecule has 7 aromatic carbocycles. The van der Waals surface area contributed by atoms with Crippen LogP contribution >= 0.6 is 0 Å². The average Bonchev–Trinajstić information content (AvgIpc) is 3.74. The molecule has 0 aliphatic carbocycles. The largest absolute Gasteiger partial charge is 0.454 e. The summed E-state index contributed by atoms with van der Waals surface area (Å²) in [6, 6.07) is 64.3. The molecule has 0 atom stereocenters. The van der Waals surface area contributed by atoms with Gasteiger partial charge in [-0.3, -0.25) is 4.90 Å². The Bertz CT molecular complexity index is 2810. The maximum atomic E-state index is 6.15. The van der Waals surface area contributed by atoms with Gasteiger partial charge >= 0.3 is 0 Å². The van der Waals surface area contributed by atoms with Crippen molar-refractivity contribution in [3.63, 3.8) is 0 Å². The van der Waals surface area contributed by atoms with Gasteiger partial charge in [-0.25, -0.2) is 4.98 Å². The smallest absolute Gasteiger partial charge is 0.153 e. The van der Waals surface area contributed by atoms with Crippen molar-refractivity contribution in [1.82, 2.24) is 9.55 Å². The van der Waals surface area contributed by atoms with Gasteiger partial charge in [-0.05, 0) is 71.3 Å². The third kappa shape index (κ3) is 4.88. The second-order valence-corrected chi connectivity index (χ2v) is 12.8. The van der Waals surface area contributed by atoms with Crippen LogP contribution in [-0.4, -0.2) is 9.55 Å². The van der Waals surface area contributed by atoms with Gasteiger partial charge in [-0.1, -0.05) is 127 Å². The first kappa shape index (κ1) is 29.0. The molecule has 0 spiro atoms. The Morgan fingerprint density at radius 2 is 1.08 bits per heavy atom. The van der Waals surface area contributed by atoms with E-state index in [1.807, 2.05) is 18.3 Å². The fourth-order valence-corrected chi connectivity index (χ4v) is 7.50. The van der Waals surface area contributed by atoms with Crippen molar-refractivity contribution >= 4 is 60.9 Å². The maximum Gasteiger partial charge on any atom is 0.153 e. The Balaban J connectivity index is 1.12. The number of nitrogens with zero attached hydrogens (tertiary/aromatic N) is 3. The second kappa shape index (κ2) is 11.9. The van der Waals surface area contributed by atoms with Crippen molar-refractivity contribution in [1.29, 1.82) is 0 Å². The number of hydrogen-bond donors (Lipinski definition) is 0. The molecule has 0 bridgehead atoms. The highest BCUT2D eigenvalue weighted by atomic mass is 16.3. The van der Waals surface area contributed by atoms with Gasteiger partial charge in [0.1, 0.15) is 11.4 Å². The summed E-state index contributed by atoms with van der Waals surface area (Å²) in [5.74, 6) is 0.817. The van der Waals surface area contributed by atoms with Crippen molar-refractivity contribution < 1.29 is 4.42 Å². The highest BCUT2D eigenvalue weighted by molar-refractivity contribution is 6.10. The van der Waals surface area contributed by atoms with Crippen LogP contribution < -0.4 is 4.90 Å². The summed E-state index contributed by atoms with van der Waals surface area (Å²) in [7, 11) is 0. The molecule has 4 heteroatoms. The van der Waals surface area contributed by atoms with Crippen molar-refractivity contribution in [3.8, 4) is 27.9 Å². The van der Waals surface area contributed by atoms with Crippen LogP contribution in [0.2, 0.25) is 0 Å². The molecule has 0 aliphatic heterocycles. The van der Waals surface area contributed by atoms with Gasteiger partial charge in [0, 0.05) is 38.5 Å². The van der Waals surface area contributed by atoms with Gasteiger partial charge in [0.05, 0.1) is 22.9 Å². The van der Waals surface area contributed by atoms with Crippen molar-refractivity contribution in [2.45, 2.75) is 0 Å². The van der Waals surface area contributed by atoms with E-state index in [1.54, 1.807) is 0 Å². The fraction of sp³-hybridized carbons (Fsp3) is 0. The monoisotopic (exact) mass is 653 g/mol. The van der Waals surface area contributed by atoms with E-state index < -0.39 is 0 Å². The average molecular weight is 654 g/mol. The molecule has 3 aromatic heterocycles. The number of rotatable bonds is 6. The Morgan fingerprint density at radius 3 is 1.86 bits per heavy atom. The molecule has 0 fully saturated rings. The van der Waals surface area contributed by atoms with E-state index in [9.17, 15) is 0 Å². The molecule has 4 nitrogen and oxygen atoms in total. The molecule has 0 amide bonds. The summed E-state index contributed by atoms with van der Waals surface area (Å²) in [4.78, 5) is 7.21. The van der Waals surface area contributed by atoms with Gasteiger partial charge in [0.25, 0.3) is 0 Å². The van der Waals surface area contributed by atoms with E-state index >= 15 is 0 Å². The van der Waals surface area contributed by atoms with Crippen LogP contribution in [-0.2, 0) is 0 Å². The van der Waals surface area contributed by atoms with E-state index in [0.29, 0.717) is 0 Å². The normalized spacial score (nSPS) is 11.5. The summed E-state index contributed by atoms with van der Waals surface area (Å²) in [5, 5.41) is 4.62. The van der Waals surface area contributed by atoms with Crippen LogP contribution in [0, 0.1) is 0 Å². The lowest BCUT2D eigenvalue weighted by molar-refractivity contribution is 0.667. The van der Waals surface area contributed by atoms with Crippen molar-refractivity contribution in [3.05, 3.63) is 188 Å². The van der Waals surface area contributed by atoms with Gasteiger partial charge in [0.2, 0.25) is 0 Å². The SMILES string of the molecule is c1ccc(-c2cccc(N(c3ccc(-c4ccccc4-n4c5ccccc5c5ccccc54)cc3)c3cc4c(cn3)oc3ccccc34)c2)cc1. The van der Waals surface area contributed by atoms with Crippen LogP contribution in [0.15, 0.2) is 193 Å². The minimum absolute atomic E-state index is 0.773. The molecule has 240 valence electrons. The third-order valence-corrected chi connectivity index (χ3v) is 9.85. The molecular formula is C47H31N3O. The third-order valence-electron chi connectivity index (χ3n) is 9.85. The van der Waals surface area contributed by atoms with Gasteiger partial charge < -0.3 is 8.98 Å². The van der Waals surface area contributed by atoms with Crippen LogP contribution in [0.5, 0.6) is 0 Å². The van der Waals surface area contributed by atoms with E-state index in [4.69, 9.17) is 9.40 Å². The first-order valence-corrected chi connectivity index (χ1v) is 17.2. The van der Waals surface area contributed by atoms with Gasteiger partial charge in [-0.15, -0.1) is 0 Å². The zero-order valence-electron chi connectivity index (χ0n) is 27.6. The molecular weight excluding hydrogens is 623 g/mol. The molecule has 10 rings (SSSR count). The summed E-state index contributed by atoms with van der Waals surface area (Å²) in [6.07, 6.45) is 1.84. The van der Waals surface area contributed by atoms with Gasteiger partial charge in [0.15, 0.2) is 5.58 Å². The predicted molar refractivity (Wildman–Crippen MR) is 211 cm³/mol. The predicted octanol–water partition coefficient (Wildman–Crippen LogP) is 12.9. The lowest BCUT2D eigenvalue weighted by Gasteiger charge is -2.25. The van der Waals surface area contributed by atoms with E-state index in [-0.39, 0.29) is 0 Å². The number of anilines is 3. The molecule has 0 aliphatic rings. The highest BCUT2D eigenvalue weighted by Gasteiger charge is 2.19. The Labute approximate surface area is 295 Å². The van der Waals surface area contributed by atoms with E-state index in [2.05, 4.69) is 179 Å². The molecule has 0 unspecified atom stereocenters. The first-order valence-electron chi connectivity index (χ1n) is 17.2. The molecule has 10 aromatic rings. The number of para-hydroxylation sites is 4. The van der Waals surface area contributed by atoms with Crippen molar-refractivity contribution in [2.24, 2.45) is 0 Å². The molecule has 0 radical (unpaired) electrons. The summed E-state index contributed by atoms with van der Waals surface area (Å²) in [5.41, 5.74) is 11.8. The Morgan fingerprint density at radius 1 is 0.431 bits per heavy atom. The quantitative estimate of drug-likeness (QED) is 0.179. The standard InChI is InChI=1S/C47H31N3O/c1-2-13-32(14-3-1)34-15-12-16-36(29-34)49(47-30-41-40-20-7-11-24-45(40)51-46(41)31-48-47)35-27-25-33(26-28-35)37-17-4-8-21-42(37)50-43-22-9-5-18-38(43)39-19-6-10-23-44(39)50/h1-31H. The second-order valence-electron chi connectivity index (χ2n) is 12.8. The number of pyridine rings is 1. The van der Waals surface area contributed by atoms with Crippen LogP contribution in [0.25, 0.3) is 71.7 Å². The molecule has 0 saturated carbocycles. The molecule has 51 heavy (non-hydrogen) atoms. The summed E-state index contributed by atoms with van der Waals surface area (Å²) < 4.78 is 8.55. The molecule has 3 heterocycles. The Kier molecular flexibility index (Phi) is 6.78. The fourth-order valence-electron chi connectivity index (χ4n) is 7.50. The number of fused-ring (bicyclic) bond motifs is 6. The topological polar surface area (TPSA) is 34.2 Å². The van der Waals surface area contributed by atoms with Gasteiger partial charge in [-0.2, -0.15) is 0 Å². The number of aromatic nitrogens is 2. The zero-order chi connectivity index (χ0) is 33.7. The first-order chi connectivity index (χ1) is 25.3. The van der Waals surface area contributed by atoms with E-state index in [1.165, 1.54) is 27.4 Å². The van der Waals surface area contributed by atoms with Crippen molar-refractivity contribution in [2.75, 3.05) is 4.90 Å². The summed E-state index contributed by atoms with van der Waals surface area (Å²) >= 11 is 0. The number of hydrogen-bond acceptors (Lipinski definition) is 3. The number of furan rings is 1. The van der Waals surface area contributed by atoms with Crippen LogP contribution in [0.4, 0.5) is 17.2 Å². The number of benzene rings is 7. The Hall–Kier alpha value is -6.91. The summed E-state index contributed by atoms with van der Waals surface area (Å²) in [6.45, 7) is 0. The lowest BCUT2D eigenvalue weighted by atomic mass is 10.0. The molecule has 0 saturated heterocycles. The zero-order valence-corrected chi connectivity index (χ0v) is 27.6. The van der Waals surface area contributed by atoms with Crippen LogP contribution in [0.3, 0.4) is 0 Å². The van der Waals surface area contributed by atoms with E-state index in [0.717, 1.165) is 61.5 Å². The minimum atomic E-state index is 0.773. The molecule has 0 N–H and O–H groups in total. The lowest BCUT2D eigenvalue weighted by Crippen LogP contribution is -2.11. The maximum absolute atomic E-state index is 6.15. The van der Waals surface area contributed by atoms with Crippen LogP contribution in [0.1, 0.15) is 0 Å². The minimum Gasteiger partial charge on any atom is -0.454 e. The highest BCUT2D eigenvalue weighted by Crippen LogP contribution is 2.41.